The first-order valence-electron chi connectivity index (χ1n) is 5.62. The maximum Gasteiger partial charge on any atom is 0.276 e. The Bertz CT molecular complexity index is 461. The summed E-state index contributed by atoms with van der Waals surface area (Å²) >= 11 is 0. The van der Waals surface area contributed by atoms with Crippen LogP contribution in [0.1, 0.15) is 19.3 Å². The molecule has 1 aliphatic rings. The molecule has 0 radical (unpaired) electrons. The third kappa shape index (κ3) is 2.66. The topological polar surface area (TPSA) is 126 Å². The number of hydrogen-bond acceptors (Lipinski definition) is 7. The van der Waals surface area contributed by atoms with Gasteiger partial charge in [-0.25, -0.2) is 10.8 Å². The molecule has 1 aliphatic carbocycles. The summed E-state index contributed by atoms with van der Waals surface area (Å²) in [6, 6.07) is 2.55. The first-order valence-corrected chi connectivity index (χ1v) is 5.62. The van der Waals surface area contributed by atoms with Crippen LogP contribution in [0.15, 0.2) is 12.1 Å². The van der Waals surface area contributed by atoms with Crippen molar-refractivity contribution in [3.8, 4) is 0 Å². The van der Waals surface area contributed by atoms with Crippen molar-refractivity contribution < 1.29 is 10.0 Å². The number of aliphatic hydroxyl groups is 1. The summed E-state index contributed by atoms with van der Waals surface area (Å²) in [5.41, 5.74) is 1.44. The van der Waals surface area contributed by atoms with Crippen molar-refractivity contribution in [2.45, 2.75) is 24.9 Å². The minimum absolute atomic E-state index is 0.110. The number of nitrogens with one attached hydrogen (secondary N) is 2. The fourth-order valence-electron chi connectivity index (χ4n) is 1.80. The molecule has 1 aromatic heterocycles. The van der Waals surface area contributed by atoms with Crippen LogP contribution in [0, 0.1) is 10.1 Å². The zero-order chi connectivity index (χ0) is 13.2. The van der Waals surface area contributed by atoms with Gasteiger partial charge in [-0.15, -0.1) is 0 Å². The van der Waals surface area contributed by atoms with E-state index in [-0.39, 0.29) is 11.5 Å². The molecule has 8 heteroatoms. The van der Waals surface area contributed by atoms with E-state index in [0.717, 1.165) is 19.3 Å². The molecular weight excluding hydrogens is 238 g/mol. The molecule has 0 aromatic carbocycles. The number of nitrogens with two attached hydrogens (primary N) is 1. The van der Waals surface area contributed by atoms with Crippen LogP contribution in [-0.2, 0) is 0 Å². The SMILES string of the molecule is NNc1cc([N+](=O)[O-])cc(NCC2(O)CCC2)n1. The molecule has 98 valence electrons. The molecule has 0 spiro atoms. The number of hydrazine groups is 1. The van der Waals surface area contributed by atoms with Crippen LogP contribution >= 0.6 is 0 Å². The highest BCUT2D eigenvalue weighted by atomic mass is 16.6. The predicted molar refractivity (Wildman–Crippen MR) is 66.0 cm³/mol. The van der Waals surface area contributed by atoms with Crippen LogP contribution in [0.3, 0.4) is 0 Å². The monoisotopic (exact) mass is 253 g/mol. The van der Waals surface area contributed by atoms with E-state index in [1.54, 1.807) is 0 Å². The number of rotatable bonds is 5. The zero-order valence-corrected chi connectivity index (χ0v) is 9.72. The zero-order valence-electron chi connectivity index (χ0n) is 9.72. The van der Waals surface area contributed by atoms with Gasteiger partial charge in [-0.1, -0.05) is 0 Å². The van der Waals surface area contributed by atoms with E-state index in [0.29, 0.717) is 12.4 Å². The molecule has 0 unspecified atom stereocenters. The maximum absolute atomic E-state index is 10.7. The Kier molecular flexibility index (Phi) is 3.30. The second kappa shape index (κ2) is 4.75. The highest BCUT2D eigenvalue weighted by Gasteiger charge is 2.34. The van der Waals surface area contributed by atoms with Crippen molar-refractivity contribution >= 4 is 17.3 Å². The van der Waals surface area contributed by atoms with Gasteiger partial charge in [-0.3, -0.25) is 10.1 Å². The molecule has 0 aliphatic heterocycles. The Morgan fingerprint density at radius 2 is 2.17 bits per heavy atom. The van der Waals surface area contributed by atoms with E-state index in [1.165, 1.54) is 12.1 Å². The standard InChI is InChI=1S/C10H15N5O3/c11-14-9-5-7(15(17)18)4-8(13-9)12-6-10(16)2-1-3-10/h4-5,16H,1-3,6,11H2,(H2,12,13,14). The Balaban J connectivity index is 2.11. The molecule has 0 amide bonds. The summed E-state index contributed by atoms with van der Waals surface area (Å²) in [6.45, 7) is 0.325. The van der Waals surface area contributed by atoms with E-state index >= 15 is 0 Å². The molecule has 1 aromatic rings. The Morgan fingerprint density at radius 3 is 2.67 bits per heavy atom. The van der Waals surface area contributed by atoms with Crippen molar-refractivity contribution in [1.29, 1.82) is 0 Å². The van der Waals surface area contributed by atoms with Gasteiger partial charge in [0, 0.05) is 6.54 Å². The van der Waals surface area contributed by atoms with Crippen LogP contribution < -0.4 is 16.6 Å². The van der Waals surface area contributed by atoms with E-state index in [1.807, 2.05) is 0 Å². The van der Waals surface area contributed by atoms with E-state index < -0.39 is 10.5 Å². The van der Waals surface area contributed by atoms with Gasteiger partial charge in [0.05, 0.1) is 22.7 Å². The van der Waals surface area contributed by atoms with Gasteiger partial charge in [0.2, 0.25) is 0 Å². The summed E-state index contributed by atoms with van der Waals surface area (Å²) in [5, 5.41) is 23.5. The van der Waals surface area contributed by atoms with Gasteiger partial charge in [0.25, 0.3) is 5.69 Å². The summed E-state index contributed by atoms with van der Waals surface area (Å²) in [7, 11) is 0. The highest BCUT2D eigenvalue weighted by Crippen LogP contribution is 2.31. The molecule has 1 fully saturated rings. The minimum atomic E-state index is -0.720. The summed E-state index contributed by atoms with van der Waals surface area (Å²) < 4.78 is 0. The van der Waals surface area contributed by atoms with Gasteiger partial charge in [0.1, 0.15) is 11.6 Å². The summed E-state index contributed by atoms with van der Waals surface area (Å²) in [5.74, 6) is 5.71. The first-order chi connectivity index (χ1) is 8.52. The molecule has 2 rings (SSSR count). The van der Waals surface area contributed by atoms with Crippen LogP contribution in [0.5, 0.6) is 0 Å². The summed E-state index contributed by atoms with van der Waals surface area (Å²) in [6.07, 6.45) is 2.46. The third-order valence-corrected chi connectivity index (χ3v) is 3.05. The molecule has 8 nitrogen and oxygen atoms in total. The Labute approximate surface area is 103 Å². The second-order valence-electron chi connectivity index (χ2n) is 4.43. The molecule has 0 bridgehead atoms. The normalized spacial score (nSPS) is 16.8. The predicted octanol–water partition coefficient (Wildman–Crippen LogP) is 0.602. The van der Waals surface area contributed by atoms with Crippen molar-refractivity contribution in [3.05, 3.63) is 22.2 Å². The van der Waals surface area contributed by atoms with E-state index in [2.05, 4.69) is 15.7 Å². The third-order valence-electron chi connectivity index (χ3n) is 3.05. The minimum Gasteiger partial charge on any atom is -0.388 e. The lowest BCUT2D eigenvalue weighted by Crippen LogP contribution is -2.43. The van der Waals surface area contributed by atoms with Gasteiger partial charge in [-0.2, -0.15) is 0 Å². The number of nitrogens with zero attached hydrogens (tertiary/aromatic N) is 2. The van der Waals surface area contributed by atoms with Crippen LogP contribution in [0.25, 0.3) is 0 Å². The summed E-state index contributed by atoms with van der Waals surface area (Å²) in [4.78, 5) is 14.2. The molecule has 5 N–H and O–H groups in total. The highest BCUT2D eigenvalue weighted by molar-refractivity contribution is 5.54. The largest absolute Gasteiger partial charge is 0.388 e. The molecule has 0 atom stereocenters. The van der Waals surface area contributed by atoms with Crippen LogP contribution in [-0.4, -0.2) is 27.2 Å². The van der Waals surface area contributed by atoms with Crippen molar-refractivity contribution in [3.63, 3.8) is 0 Å². The smallest absolute Gasteiger partial charge is 0.276 e. The Morgan fingerprint density at radius 1 is 1.50 bits per heavy atom. The molecule has 1 saturated carbocycles. The van der Waals surface area contributed by atoms with Gasteiger partial charge >= 0.3 is 0 Å². The quantitative estimate of drug-likeness (QED) is 0.344. The van der Waals surface area contributed by atoms with Crippen molar-refractivity contribution in [2.24, 2.45) is 5.84 Å². The Hall–Kier alpha value is -1.93. The van der Waals surface area contributed by atoms with E-state index in [4.69, 9.17) is 5.84 Å². The lowest BCUT2D eigenvalue weighted by atomic mass is 9.80. The molecule has 18 heavy (non-hydrogen) atoms. The first kappa shape index (κ1) is 12.5. The lowest BCUT2D eigenvalue weighted by molar-refractivity contribution is -0.384. The fraction of sp³-hybridized carbons (Fsp3) is 0.500. The van der Waals surface area contributed by atoms with Gasteiger partial charge in [-0.05, 0) is 19.3 Å². The van der Waals surface area contributed by atoms with Crippen molar-refractivity contribution in [2.75, 3.05) is 17.3 Å². The molecule has 0 saturated heterocycles. The fourth-order valence-corrected chi connectivity index (χ4v) is 1.80. The number of nitro groups is 1. The number of hydrogen-bond donors (Lipinski definition) is 4. The maximum atomic E-state index is 10.7. The average Bonchev–Trinajstić information content (AvgIpc) is 2.33. The van der Waals surface area contributed by atoms with Gasteiger partial charge < -0.3 is 15.8 Å². The number of aromatic nitrogens is 1. The number of anilines is 2. The van der Waals surface area contributed by atoms with Gasteiger partial charge in [0.15, 0.2) is 0 Å². The van der Waals surface area contributed by atoms with Crippen LogP contribution in [0.2, 0.25) is 0 Å². The molecular formula is C10H15N5O3. The number of nitrogen functional groups attached to an aromatic ring is 1. The van der Waals surface area contributed by atoms with E-state index in [9.17, 15) is 15.2 Å². The van der Waals surface area contributed by atoms with Crippen molar-refractivity contribution in [1.82, 2.24) is 4.98 Å². The lowest BCUT2D eigenvalue weighted by Gasteiger charge is -2.36. The average molecular weight is 253 g/mol. The number of pyridine rings is 1. The molecule has 1 heterocycles. The van der Waals surface area contributed by atoms with Crippen LogP contribution in [0.4, 0.5) is 17.3 Å². The second-order valence-corrected chi connectivity index (χ2v) is 4.43.